The van der Waals surface area contributed by atoms with Crippen LogP contribution in [0.5, 0.6) is 0 Å². The summed E-state index contributed by atoms with van der Waals surface area (Å²) >= 11 is 0.964. The average molecular weight is 258 g/mol. The molecule has 1 amide bonds. The van der Waals surface area contributed by atoms with Crippen LogP contribution in [0.2, 0.25) is 0 Å². The average Bonchev–Trinajstić information content (AvgIpc) is 2.86. The number of hydrogen-bond donors (Lipinski definition) is 1. The molecular formula is C11H6N4O2S. The SMILES string of the molecule is N#Cc1ccccc1C(=O)Nc1ncc(N=O)s1. The van der Waals surface area contributed by atoms with Crippen molar-refractivity contribution >= 4 is 27.4 Å². The Labute approximate surface area is 106 Å². The second-order valence-corrected chi connectivity index (χ2v) is 4.22. The van der Waals surface area contributed by atoms with Gasteiger partial charge < -0.3 is 0 Å². The van der Waals surface area contributed by atoms with Crippen molar-refractivity contribution < 1.29 is 4.79 Å². The summed E-state index contributed by atoms with van der Waals surface area (Å²) in [6.07, 6.45) is 1.27. The number of rotatable bonds is 3. The summed E-state index contributed by atoms with van der Waals surface area (Å²) in [4.78, 5) is 25.9. The summed E-state index contributed by atoms with van der Waals surface area (Å²) in [5.74, 6) is -0.445. The molecule has 1 heterocycles. The number of anilines is 1. The Hall–Kier alpha value is -2.59. The zero-order valence-electron chi connectivity index (χ0n) is 8.95. The number of carbonyl (C=O) groups is 1. The van der Waals surface area contributed by atoms with Gasteiger partial charge in [-0.05, 0) is 17.3 Å². The number of thiazole rings is 1. The van der Waals surface area contributed by atoms with Gasteiger partial charge in [0.15, 0.2) is 10.1 Å². The molecule has 88 valence electrons. The van der Waals surface area contributed by atoms with Gasteiger partial charge in [-0.3, -0.25) is 10.1 Å². The Bertz CT molecular complexity index is 644. The molecule has 0 unspecified atom stereocenters. The zero-order chi connectivity index (χ0) is 13.0. The summed E-state index contributed by atoms with van der Waals surface area (Å²) in [5.41, 5.74) is 0.538. The quantitative estimate of drug-likeness (QED) is 0.856. The van der Waals surface area contributed by atoms with Gasteiger partial charge in [0, 0.05) is 0 Å². The van der Waals surface area contributed by atoms with Crippen LogP contribution in [0.15, 0.2) is 35.6 Å². The summed E-state index contributed by atoms with van der Waals surface area (Å²) in [7, 11) is 0. The Morgan fingerprint density at radius 1 is 1.44 bits per heavy atom. The smallest absolute Gasteiger partial charge is 0.258 e. The highest BCUT2D eigenvalue weighted by molar-refractivity contribution is 7.19. The Morgan fingerprint density at radius 3 is 2.89 bits per heavy atom. The molecule has 0 radical (unpaired) electrons. The van der Waals surface area contributed by atoms with Crippen molar-refractivity contribution in [3.05, 3.63) is 46.5 Å². The molecule has 0 saturated heterocycles. The van der Waals surface area contributed by atoms with Crippen molar-refractivity contribution in [2.75, 3.05) is 5.32 Å². The first-order valence-corrected chi connectivity index (χ1v) is 5.66. The molecule has 0 saturated carbocycles. The number of nitroso groups, excluding NO2 is 1. The summed E-state index contributed by atoms with van der Waals surface area (Å²) in [6.45, 7) is 0. The lowest BCUT2D eigenvalue weighted by molar-refractivity contribution is 0.102. The zero-order valence-corrected chi connectivity index (χ0v) is 9.77. The van der Waals surface area contributed by atoms with E-state index in [2.05, 4.69) is 15.5 Å². The third kappa shape index (κ3) is 2.39. The lowest BCUT2D eigenvalue weighted by atomic mass is 10.1. The maximum Gasteiger partial charge on any atom is 0.258 e. The standard InChI is InChI=1S/C11H6N4O2S/c12-5-7-3-1-2-4-8(7)10(16)14-11-13-6-9(15-17)18-11/h1-4,6H,(H,13,14,16). The molecular weight excluding hydrogens is 252 g/mol. The molecule has 2 rings (SSSR count). The fraction of sp³-hybridized carbons (Fsp3) is 0. The van der Waals surface area contributed by atoms with Crippen LogP contribution in [0.3, 0.4) is 0 Å². The van der Waals surface area contributed by atoms with Gasteiger partial charge in [0.25, 0.3) is 5.91 Å². The highest BCUT2D eigenvalue weighted by Crippen LogP contribution is 2.25. The molecule has 7 heteroatoms. The van der Waals surface area contributed by atoms with Crippen molar-refractivity contribution in [2.45, 2.75) is 0 Å². The van der Waals surface area contributed by atoms with Crippen molar-refractivity contribution in [2.24, 2.45) is 5.18 Å². The molecule has 0 bridgehead atoms. The predicted octanol–water partition coefficient (Wildman–Crippen LogP) is 2.66. The van der Waals surface area contributed by atoms with Crippen LogP contribution < -0.4 is 5.32 Å². The van der Waals surface area contributed by atoms with Crippen molar-refractivity contribution in [3.8, 4) is 6.07 Å². The van der Waals surface area contributed by atoms with Crippen LogP contribution in [0.25, 0.3) is 0 Å². The first-order chi connectivity index (χ1) is 8.74. The number of aromatic nitrogens is 1. The lowest BCUT2D eigenvalue weighted by Gasteiger charge is -2.02. The number of benzene rings is 1. The Kier molecular flexibility index (Phi) is 3.41. The summed E-state index contributed by atoms with van der Waals surface area (Å²) in [6, 6.07) is 8.36. The highest BCUT2D eigenvalue weighted by Gasteiger charge is 2.12. The van der Waals surface area contributed by atoms with Gasteiger partial charge in [-0.25, -0.2) is 4.98 Å². The lowest BCUT2D eigenvalue weighted by Crippen LogP contribution is -2.13. The molecule has 0 aliphatic heterocycles. The number of hydrogen-bond acceptors (Lipinski definition) is 6. The minimum atomic E-state index is -0.445. The van der Waals surface area contributed by atoms with E-state index in [0.717, 1.165) is 11.3 Å². The number of nitrogens with zero attached hydrogens (tertiary/aromatic N) is 3. The third-order valence-electron chi connectivity index (χ3n) is 2.10. The fourth-order valence-electron chi connectivity index (χ4n) is 1.31. The van der Waals surface area contributed by atoms with E-state index >= 15 is 0 Å². The number of carbonyl (C=O) groups excluding carboxylic acids is 1. The number of amides is 1. The Balaban J connectivity index is 2.22. The molecule has 6 nitrogen and oxygen atoms in total. The van der Waals surface area contributed by atoms with Crippen molar-refractivity contribution in [1.29, 1.82) is 5.26 Å². The van der Waals surface area contributed by atoms with Crippen LogP contribution in [0.4, 0.5) is 10.1 Å². The maximum absolute atomic E-state index is 11.9. The normalized spacial score (nSPS) is 9.50. The molecule has 2 aromatic rings. The minimum absolute atomic E-state index is 0.180. The number of nitrogens with one attached hydrogen (secondary N) is 1. The van der Waals surface area contributed by atoms with Crippen LogP contribution in [0.1, 0.15) is 15.9 Å². The molecule has 18 heavy (non-hydrogen) atoms. The molecule has 0 atom stereocenters. The third-order valence-corrected chi connectivity index (χ3v) is 2.89. The van der Waals surface area contributed by atoms with E-state index in [4.69, 9.17) is 5.26 Å². The van der Waals surface area contributed by atoms with Gasteiger partial charge in [-0.15, -0.1) is 4.91 Å². The van der Waals surface area contributed by atoms with Crippen LogP contribution >= 0.6 is 11.3 Å². The van der Waals surface area contributed by atoms with E-state index in [-0.39, 0.29) is 21.3 Å². The van der Waals surface area contributed by atoms with Crippen LogP contribution in [0, 0.1) is 16.2 Å². The van der Waals surface area contributed by atoms with Crippen molar-refractivity contribution in [3.63, 3.8) is 0 Å². The largest absolute Gasteiger partial charge is 0.298 e. The topological polar surface area (TPSA) is 95.2 Å². The first kappa shape index (κ1) is 11.9. The van der Waals surface area contributed by atoms with Gasteiger partial charge in [-0.2, -0.15) is 5.26 Å². The summed E-state index contributed by atoms with van der Waals surface area (Å²) < 4.78 is 0. The van der Waals surface area contributed by atoms with E-state index in [1.807, 2.05) is 6.07 Å². The monoisotopic (exact) mass is 258 g/mol. The highest BCUT2D eigenvalue weighted by atomic mass is 32.1. The van der Waals surface area contributed by atoms with Crippen LogP contribution in [-0.2, 0) is 0 Å². The van der Waals surface area contributed by atoms with Gasteiger partial charge >= 0.3 is 0 Å². The van der Waals surface area contributed by atoms with E-state index in [1.54, 1.807) is 24.3 Å². The molecule has 1 aromatic heterocycles. The molecule has 0 fully saturated rings. The van der Waals surface area contributed by atoms with E-state index < -0.39 is 5.91 Å². The van der Waals surface area contributed by atoms with Gasteiger partial charge in [0.2, 0.25) is 0 Å². The molecule has 0 aliphatic carbocycles. The van der Waals surface area contributed by atoms with Gasteiger partial charge in [0.1, 0.15) is 0 Å². The number of nitriles is 1. The Morgan fingerprint density at radius 2 is 2.22 bits per heavy atom. The second-order valence-electron chi connectivity index (χ2n) is 3.21. The predicted molar refractivity (Wildman–Crippen MR) is 66.7 cm³/mol. The first-order valence-electron chi connectivity index (χ1n) is 4.84. The van der Waals surface area contributed by atoms with Gasteiger partial charge in [0.05, 0.1) is 23.4 Å². The minimum Gasteiger partial charge on any atom is -0.298 e. The van der Waals surface area contributed by atoms with E-state index in [0.29, 0.717) is 0 Å². The molecule has 1 N–H and O–H groups in total. The molecule has 0 spiro atoms. The van der Waals surface area contributed by atoms with Crippen LogP contribution in [-0.4, -0.2) is 10.9 Å². The van der Waals surface area contributed by atoms with Crippen molar-refractivity contribution in [1.82, 2.24) is 4.98 Å². The van der Waals surface area contributed by atoms with Gasteiger partial charge in [-0.1, -0.05) is 23.5 Å². The molecule has 0 aliphatic rings. The second kappa shape index (κ2) is 5.16. The van der Waals surface area contributed by atoms with E-state index in [9.17, 15) is 9.70 Å². The molecule has 1 aromatic carbocycles. The summed E-state index contributed by atoms with van der Waals surface area (Å²) in [5, 5.41) is 14.5. The fourth-order valence-corrected chi connectivity index (χ4v) is 1.90. The van der Waals surface area contributed by atoms with E-state index in [1.165, 1.54) is 6.20 Å². The maximum atomic E-state index is 11.9.